The number of fused-ring (bicyclic) bond motifs is 2. The van der Waals surface area contributed by atoms with Crippen molar-refractivity contribution in [3.8, 4) is 5.69 Å². The summed E-state index contributed by atoms with van der Waals surface area (Å²) < 4.78 is 30.4. The lowest BCUT2D eigenvalue weighted by Gasteiger charge is -2.33. The van der Waals surface area contributed by atoms with Crippen LogP contribution in [0.5, 0.6) is 0 Å². The summed E-state index contributed by atoms with van der Waals surface area (Å²) in [7, 11) is -3.48. The summed E-state index contributed by atoms with van der Waals surface area (Å²) in [5.41, 5.74) is 6.40. The maximum Gasteiger partial charge on any atom is 0.243 e. The minimum atomic E-state index is -3.48. The summed E-state index contributed by atoms with van der Waals surface area (Å²) in [4.78, 5) is 12.2. The number of imidazole rings is 1. The molecule has 3 heterocycles. The Hall–Kier alpha value is -3.07. The van der Waals surface area contributed by atoms with Crippen LogP contribution in [0.2, 0.25) is 0 Å². The van der Waals surface area contributed by atoms with Gasteiger partial charge < -0.3 is 0 Å². The van der Waals surface area contributed by atoms with Crippen LogP contribution in [0, 0.1) is 6.92 Å². The Morgan fingerprint density at radius 3 is 2.57 bits per heavy atom. The zero-order valence-electron chi connectivity index (χ0n) is 19.9. The Labute approximate surface area is 206 Å². The second-order valence-corrected chi connectivity index (χ2v) is 11.5. The van der Waals surface area contributed by atoms with Gasteiger partial charge in [0.2, 0.25) is 10.0 Å². The van der Waals surface area contributed by atoms with E-state index < -0.39 is 10.0 Å². The summed E-state index contributed by atoms with van der Waals surface area (Å²) in [6, 6.07) is 17.9. The Bertz CT molecular complexity index is 1500. The molecule has 180 valence electrons. The first-order chi connectivity index (χ1) is 17.0. The van der Waals surface area contributed by atoms with Crippen molar-refractivity contribution in [1.29, 1.82) is 0 Å². The zero-order valence-corrected chi connectivity index (χ0v) is 20.7. The third kappa shape index (κ3) is 4.16. The van der Waals surface area contributed by atoms with Crippen LogP contribution in [0.25, 0.3) is 16.9 Å². The smallest absolute Gasteiger partial charge is 0.243 e. The maximum absolute atomic E-state index is 13.3. The number of benzene rings is 2. The summed E-state index contributed by atoms with van der Waals surface area (Å²) in [6.07, 6.45) is 4.93. The van der Waals surface area contributed by atoms with E-state index in [1.807, 2.05) is 30.3 Å². The molecule has 0 bridgehead atoms. The Morgan fingerprint density at radius 1 is 0.914 bits per heavy atom. The lowest BCUT2D eigenvalue weighted by molar-refractivity contribution is 0.177. The van der Waals surface area contributed by atoms with E-state index in [0.717, 1.165) is 41.9 Å². The minimum Gasteiger partial charge on any atom is -0.293 e. The standard InChI is InChI=1S/C27H29N5O2S/c1-20-5-2-8-23(17-20)32-26(29-25-9-4-12-28-27(25)32)19-30-13-15-31(16-14-30)35(33,34)24-11-10-21-6-3-7-22(21)18-24/h2,4-5,8-12,17-18H,3,6-7,13-16,19H2,1H3. The van der Waals surface area contributed by atoms with Gasteiger partial charge in [0.1, 0.15) is 11.3 Å². The van der Waals surface area contributed by atoms with Crippen molar-refractivity contribution >= 4 is 21.2 Å². The number of piperazine rings is 1. The maximum atomic E-state index is 13.3. The fourth-order valence-corrected chi connectivity index (χ4v) is 6.76. The predicted molar refractivity (Wildman–Crippen MR) is 136 cm³/mol. The van der Waals surface area contributed by atoms with E-state index in [1.54, 1.807) is 16.6 Å². The second kappa shape index (κ2) is 8.86. The van der Waals surface area contributed by atoms with E-state index in [2.05, 4.69) is 39.6 Å². The number of pyridine rings is 1. The third-order valence-corrected chi connectivity index (χ3v) is 9.04. The van der Waals surface area contributed by atoms with E-state index in [-0.39, 0.29) is 0 Å². The van der Waals surface area contributed by atoms with Gasteiger partial charge in [-0.25, -0.2) is 18.4 Å². The van der Waals surface area contributed by atoms with E-state index in [1.165, 1.54) is 16.7 Å². The van der Waals surface area contributed by atoms with Gasteiger partial charge in [-0.3, -0.25) is 9.47 Å². The van der Waals surface area contributed by atoms with Crippen LogP contribution >= 0.6 is 0 Å². The molecule has 1 aliphatic heterocycles. The number of nitrogens with zero attached hydrogens (tertiary/aromatic N) is 5. The number of aromatic nitrogens is 3. The lowest BCUT2D eigenvalue weighted by Crippen LogP contribution is -2.48. The highest BCUT2D eigenvalue weighted by Gasteiger charge is 2.30. The minimum absolute atomic E-state index is 0.430. The molecule has 2 aromatic carbocycles. The molecule has 1 saturated heterocycles. The van der Waals surface area contributed by atoms with Crippen molar-refractivity contribution in [3.05, 3.63) is 83.3 Å². The van der Waals surface area contributed by atoms with Gasteiger partial charge in [-0.15, -0.1) is 0 Å². The molecule has 6 rings (SSSR count). The molecule has 2 aliphatic rings. The van der Waals surface area contributed by atoms with Gasteiger partial charge in [0, 0.05) is 38.1 Å². The summed E-state index contributed by atoms with van der Waals surface area (Å²) in [5.74, 6) is 0.916. The number of aryl methyl sites for hydroxylation is 3. The summed E-state index contributed by atoms with van der Waals surface area (Å²) in [6.45, 7) is 4.99. The monoisotopic (exact) mass is 487 g/mol. The molecule has 8 heteroatoms. The number of sulfonamides is 1. The molecule has 1 fully saturated rings. The van der Waals surface area contributed by atoms with Crippen molar-refractivity contribution in [2.45, 2.75) is 37.6 Å². The van der Waals surface area contributed by atoms with Crippen LogP contribution in [0.3, 0.4) is 0 Å². The highest BCUT2D eigenvalue weighted by atomic mass is 32.2. The molecule has 0 atom stereocenters. The van der Waals surface area contributed by atoms with Crippen LogP contribution < -0.4 is 0 Å². The molecule has 2 aromatic heterocycles. The first-order valence-corrected chi connectivity index (χ1v) is 13.7. The molecule has 0 saturated carbocycles. The molecule has 0 amide bonds. The quantitative estimate of drug-likeness (QED) is 0.429. The van der Waals surface area contributed by atoms with Gasteiger partial charge in [0.15, 0.2) is 5.65 Å². The van der Waals surface area contributed by atoms with Crippen molar-refractivity contribution in [2.75, 3.05) is 26.2 Å². The molecule has 0 unspecified atom stereocenters. The Morgan fingerprint density at radius 2 is 1.74 bits per heavy atom. The average molecular weight is 488 g/mol. The van der Waals surface area contributed by atoms with Gasteiger partial charge in [-0.2, -0.15) is 4.31 Å². The number of rotatable bonds is 5. The van der Waals surface area contributed by atoms with Gasteiger partial charge >= 0.3 is 0 Å². The van der Waals surface area contributed by atoms with E-state index in [4.69, 9.17) is 4.98 Å². The van der Waals surface area contributed by atoms with Crippen molar-refractivity contribution in [2.24, 2.45) is 0 Å². The molecule has 4 aromatic rings. The first kappa shape index (κ1) is 22.4. The van der Waals surface area contributed by atoms with Crippen LogP contribution in [0.4, 0.5) is 0 Å². The molecule has 0 radical (unpaired) electrons. The highest BCUT2D eigenvalue weighted by Crippen LogP contribution is 2.27. The predicted octanol–water partition coefficient (Wildman–Crippen LogP) is 3.72. The molecular weight excluding hydrogens is 458 g/mol. The van der Waals surface area contributed by atoms with Crippen LogP contribution in [0.1, 0.15) is 28.9 Å². The average Bonchev–Trinajstić information content (AvgIpc) is 3.48. The van der Waals surface area contributed by atoms with Crippen molar-refractivity contribution < 1.29 is 8.42 Å². The van der Waals surface area contributed by atoms with Crippen LogP contribution in [-0.4, -0.2) is 58.3 Å². The molecule has 7 nitrogen and oxygen atoms in total. The lowest BCUT2D eigenvalue weighted by atomic mass is 10.1. The zero-order chi connectivity index (χ0) is 24.0. The Kier molecular flexibility index (Phi) is 5.67. The highest BCUT2D eigenvalue weighted by molar-refractivity contribution is 7.89. The molecule has 0 N–H and O–H groups in total. The van der Waals surface area contributed by atoms with Crippen LogP contribution in [0.15, 0.2) is 65.7 Å². The van der Waals surface area contributed by atoms with Gasteiger partial charge in [-0.05, 0) is 79.3 Å². The second-order valence-electron chi connectivity index (χ2n) is 9.51. The number of hydrogen-bond acceptors (Lipinski definition) is 5. The van der Waals surface area contributed by atoms with Crippen molar-refractivity contribution in [1.82, 2.24) is 23.7 Å². The SMILES string of the molecule is Cc1cccc(-n2c(CN3CCN(S(=O)(=O)c4ccc5c(c4)CCC5)CC3)nc3cccnc32)c1. The molecule has 0 spiro atoms. The molecule has 1 aliphatic carbocycles. The fourth-order valence-electron chi connectivity index (χ4n) is 5.29. The number of hydrogen-bond donors (Lipinski definition) is 0. The van der Waals surface area contributed by atoms with Gasteiger partial charge in [0.05, 0.1) is 11.4 Å². The summed E-state index contributed by atoms with van der Waals surface area (Å²) >= 11 is 0. The van der Waals surface area contributed by atoms with E-state index >= 15 is 0 Å². The van der Waals surface area contributed by atoms with Crippen LogP contribution in [-0.2, 0) is 29.4 Å². The molecule has 35 heavy (non-hydrogen) atoms. The normalized spacial score (nSPS) is 17.2. The fraction of sp³-hybridized carbons (Fsp3) is 0.333. The summed E-state index contributed by atoms with van der Waals surface area (Å²) in [5, 5.41) is 0. The van der Waals surface area contributed by atoms with Gasteiger partial charge in [0.25, 0.3) is 0 Å². The van der Waals surface area contributed by atoms with E-state index in [0.29, 0.717) is 37.6 Å². The van der Waals surface area contributed by atoms with E-state index in [9.17, 15) is 8.42 Å². The third-order valence-electron chi connectivity index (χ3n) is 7.15. The van der Waals surface area contributed by atoms with Gasteiger partial charge in [-0.1, -0.05) is 18.2 Å². The molecular formula is C27H29N5O2S. The van der Waals surface area contributed by atoms with Crippen molar-refractivity contribution in [3.63, 3.8) is 0 Å². The largest absolute Gasteiger partial charge is 0.293 e. The first-order valence-electron chi connectivity index (χ1n) is 12.2. The Balaban J connectivity index is 1.22. The topological polar surface area (TPSA) is 71.3 Å².